The first-order valence-electron chi connectivity index (χ1n) is 9.37. The van der Waals surface area contributed by atoms with E-state index in [0.717, 1.165) is 38.9 Å². The van der Waals surface area contributed by atoms with Crippen molar-refractivity contribution in [2.45, 2.75) is 31.8 Å². The van der Waals surface area contributed by atoms with E-state index < -0.39 is 0 Å². The molecule has 3 aliphatic rings. The maximum Gasteiger partial charge on any atom is 0.222 e. The predicted molar refractivity (Wildman–Crippen MR) is 99.2 cm³/mol. The van der Waals surface area contributed by atoms with Crippen LogP contribution in [0.3, 0.4) is 0 Å². The number of piperidine rings is 1. The van der Waals surface area contributed by atoms with Gasteiger partial charge < -0.3 is 4.90 Å². The van der Waals surface area contributed by atoms with E-state index in [4.69, 9.17) is 0 Å². The Balaban J connectivity index is 1.33. The van der Waals surface area contributed by atoms with Crippen LogP contribution in [-0.4, -0.2) is 41.9 Å². The second kappa shape index (κ2) is 5.70. The quantitative estimate of drug-likeness (QED) is 0.719. The van der Waals surface area contributed by atoms with E-state index in [9.17, 15) is 4.79 Å². The van der Waals surface area contributed by atoms with Crippen molar-refractivity contribution in [1.82, 2.24) is 9.80 Å². The van der Waals surface area contributed by atoms with E-state index in [1.54, 1.807) is 0 Å². The lowest BCUT2D eigenvalue weighted by Gasteiger charge is -2.37. The van der Waals surface area contributed by atoms with Crippen molar-refractivity contribution in [3.8, 4) is 11.1 Å². The minimum absolute atomic E-state index is 0.326. The van der Waals surface area contributed by atoms with Crippen molar-refractivity contribution in [2.75, 3.05) is 20.1 Å². The summed E-state index contributed by atoms with van der Waals surface area (Å²) in [5.41, 5.74) is 7.11. The van der Waals surface area contributed by atoms with E-state index in [1.807, 2.05) is 11.9 Å². The molecule has 0 spiro atoms. The number of amides is 1. The maximum atomic E-state index is 11.9. The van der Waals surface area contributed by atoms with Crippen molar-refractivity contribution in [2.24, 2.45) is 5.92 Å². The number of likely N-dealkylation sites (tertiary alicyclic amines) is 2. The molecular weight excluding hydrogens is 308 g/mol. The highest BCUT2D eigenvalue weighted by Crippen LogP contribution is 2.37. The Labute approximate surface area is 149 Å². The average molecular weight is 332 g/mol. The van der Waals surface area contributed by atoms with Gasteiger partial charge in [0.25, 0.3) is 0 Å². The zero-order valence-corrected chi connectivity index (χ0v) is 14.7. The second-order valence-corrected chi connectivity index (χ2v) is 7.89. The van der Waals surface area contributed by atoms with Crippen LogP contribution in [0.25, 0.3) is 11.1 Å². The van der Waals surface area contributed by atoms with Gasteiger partial charge in [-0.1, -0.05) is 42.5 Å². The van der Waals surface area contributed by atoms with Crippen LogP contribution < -0.4 is 0 Å². The van der Waals surface area contributed by atoms with Gasteiger partial charge >= 0.3 is 0 Å². The SMILES string of the molecule is CN1C(=O)C[C@H]2CCN(Cc3ccc4c(c3)Cc3ccccc3-4)C[C@H]21. The Hall–Kier alpha value is -2.13. The summed E-state index contributed by atoms with van der Waals surface area (Å²) in [5.74, 6) is 0.899. The minimum atomic E-state index is 0.326. The fourth-order valence-electron chi connectivity index (χ4n) is 4.97. The smallest absolute Gasteiger partial charge is 0.222 e. The van der Waals surface area contributed by atoms with E-state index in [1.165, 1.54) is 27.8 Å². The molecule has 5 rings (SSSR count). The Morgan fingerprint density at radius 2 is 1.92 bits per heavy atom. The van der Waals surface area contributed by atoms with Gasteiger partial charge in [-0.15, -0.1) is 0 Å². The van der Waals surface area contributed by atoms with E-state index >= 15 is 0 Å². The highest BCUT2D eigenvalue weighted by Gasteiger charge is 2.40. The van der Waals surface area contributed by atoms with Crippen LogP contribution in [0.4, 0.5) is 0 Å². The Kier molecular flexibility index (Phi) is 3.46. The summed E-state index contributed by atoms with van der Waals surface area (Å²) in [4.78, 5) is 16.5. The fourth-order valence-corrected chi connectivity index (χ4v) is 4.97. The maximum absolute atomic E-state index is 11.9. The first-order valence-corrected chi connectivity index (χ1v) is 9.37. The molecule has 2 atom stereocenters. The summed E-state index contributed by atoms with van der Waals surface area (Å²) in [5, 5.41) is 0. The van der Waals surface area contributed by atoms with Gasteiger partial charge in [0, 0.05) is 32.6 Å². The van der Waals surface area contributed by atoms with Crippen LogP contribution in [0.5, 0.6) is 0 Å². The molecule has 0 bridgehead atoms. The number of fused-ring (bicyclic) bond motifs is 4. The molecule has 3 nitrogen and oxygen atoms in total. The molecule has 0 unspecified atom stereocenters. The van der Waals surface area contributed by atoms with E-state index in [0.29, 0.717) is 17.9 Å². The largest absolute Gasteiger partial charge is 0.341 e. The van der Waals surface area contributed by atoms with Gasteiger partial charge in [-0.05, 0) is 53.1 Å². The first kappa shape index (κ1) is 15.2. The number of hydrogen-bond acceptors (Lipinski definition) is 2. The monoisotopic (exact) mass is 332 g/mol. The molecule has 0 N–H and O–H groups in total. The lowest BCUT2D eigenvalue weighted by molar-refractivity contribution is -0.127. The van der Waals surface area contributed by atoms with E-state index in [2.05, 4.69) is 47.4 Å². The Morgan fingerprint density at radius 1 is 1.08 bits per heavy atom. The third-order valence-electron chi connectivity index (χ3n) is 6.40. The zero-order chi connectivity index (χ0) is 17.0. The van der Waals surface area contributed by atoms with Crippen LogP contribution in [0, 0.1) is 5.92 Å². The van der Waals surface area contributed by atoms with Crippen molar-refractivity contribution >= 4 is 5.91 Å². The van der Waals surface area contributed by atoms with E-state index in [-0.39, 0.29) is 0 Å². The molecule has 1 aliphatic carbocycles. The van der Waals surface area contributed by atoms with Crippen LogP contribution >= 0.6 is 0 Å². The molecule has 128 valence electrons. The zero-order valence-electron chi connectivity index (χ0n) is 14.7. The van der Waals surface area contributed by atoms with Crippen molar-refractivity contribution < 1.29 is 4.79 Å². The fraction of sp³-hybridized carbons (Fsp3) is 0.409. The normalized spacial score (nSPS) is 25.0. The summed E-state index contributed by atoms with van der Waals surface area (Å²) in [6.45, 7) is 3.12. The van der Waals surface area contributed by atoms with Crippen LogP contribution in [-0.2, 0) is 17.8 Å². The lowest BCUT2D eigenvalue weighted by atomic mass is 9.92. The molecule has 2 aromatic rings. The van der Waals surface area contributed by atoms with Crippen LogP contribution in [0.15, 0.2) is 42.5 Å². The molecule has 2 heterocycles. The van der Waals surface area contributed by atoms with Gasteiger partial charge in [-0.25, -0.2) is 0 Å². The highest BCUT2D eigenvalue weighted by molar-refractivity contribution is 5.79. The molecule has 1 amide bonds. The topological polar surface area (TPSA) is 23.6 Å². The number of carbonyl (C=O) groups excluding carboxylic acids is 1. The second-order valence-electron chi connectivity index (χ2n) is 7.89. The van der Waals surface area contributed by atoms with Crippen molar-refractivity contribution in [3.63, 3.8) is 0 Å². The molecule has 2 saturated heterocycles. The Bertz CT molecular complexity index is 844. The highest BCUT2D eigenvalue weighted by atomic mass is 16.2. The number of benzene rings is 2. The Morgan fingerprint density at radius 3 is 2.84 bits per heavy atom. The summed E-state index contributed by atoms with van der Waals surface area (Å²) in [6.07, 6.45) is 2.96. The molecule has 3 heteroatoms. The molecule has 25 heavy (non-hydrogen) atoms. The van der Waals surface area contributed by atoms with Gasteiger partial charge in [0.05, 0.1) is 0 Å². The molecule has 2 aromatic carbocycles. The van der Waals surface area contributed by atoms with Gasteiger partial charge in [0.15, 0.2) is 0 Å². The van der Waals surface area contributed by atoms with Gasteiger partial charge in [-0.2, -0.15) is 0 Å². The molecule has 2 fully saturated rings. The van der Waals surface area contributed by atoms with Gasteiger partial charge in [0.1, 0.15) is 0 Å². The minimum Gasteiger partial charge on any atom is -0.341 e. The lowest BCUT2D eigenvalue weighted by Crippen LogP contribution is -2.47. The number of carbonyl (C=O) groups is 1. The number of rotatable bonds is 2. The first-order chi connectivity index (χ1) is 12.2. The van der Waals surface area contributed by atoms with Crippen molar-refractivity contribution in [1.29, 1.82) is 0 Å². The molecular formula is C22H24N2O. The summed E-state index contributed by atoms with van der Waals surface area (Å²) in [6, 6.07) is 16.1. The number of nitrogens with zero attached hydrogens (tertiary/aromatic N) is 2. The number of likely N-dealkylation sites (N-methyl/N-ethyl adjacent to an activating group) is 1. The third-order valence-corrected chi connectivity index (χ3v) is 6.40. The molecule has 0 saturated carbocycles. The molecule has 2 aliphatic heterocycles. The van der Waals surface area contributed by atoms with Gasteiger partial charge in [0.2, 0.25) is 5.91 Å². The summed E-state index contributed by atoms with van der Waals surface area (Å²) in [7, 11) is 1.98. The standard InChI is InChI=1S/C22H24N2O/c1-23-21-14-24(9-8-17(21)12-22(23)25)13-15-6-7-20-18(10-15)11-16-4-2-3-5-19(16)20/h2-7,10,17,21H,8-9,11-14H2,1H3/t17-,21-/m1/s1. The molecule has 0 radical (unpaired) electrons. The summed E-state index contributed by atoms with van der Waals surface area (Å²) >= 11 is 0. The number of hydrogen-bond donors (Lipinski definition) is 0. The van der Waals surface area contributed by atoms with Crippen molar-refractivity contribution in [3.05, 3.63) is 59.2 Å². The van der Waals surface area contributed by atoms with Gasteiger partial charge in [-0.3, -0.25) is 9.69 Å². The van der Waals surface area contributed by atoms with Crippen LogP contribution in [0.1, 0.15) is 29.5 Å². The third kappa shape index (κ3) is 2.49. The molecule has 0 aromatic heterocycles. The predicted octanol–water partition coefficient (Wildman–Crippen LogP) is 3.31. The summed E-state index contributed by atoms with van der Waals surface area (Å²) < 4.78 is 0. The van der Waals surface area contributed by atoms with Crippen LogP contribution in [0.2, 0.25) is 0 Å². The average Bonchev–Trinajstić information content (AvgIpc) is 3.12.